The van der Waals surface area contributed by atoms with Gasteiger partial charge in [-0.1, -0.05) is 26.0 Å². The van der Waals surface area contributed by atoms with Gasteiger partial charge in [0.05, 0.1) is 11.5 Å². The van der Waals surface area contributed by atoms with Crippen LogP contribution in [0.1, 0.15) is 32.3 Å². The summed E-state index contributed by atoms with van der Waals surface area (Å²) in [6.45, 7) is 5.27. The lowest BCUT2D eigenvalue weighted by molar-refractivity contribution is -0.384. The van der Waals surface area contributed by atoms with Gasteiger partial charge in [-0.15, -0.1) is 0 Å². The minimum atomic E-state index is -0.452. The van der Waals surface area contributed by atoms with Crippen molar-refractivity contribution < 1.29 is 10.0 Å². The number of hydrogen-bond donors (Lipinski definition) is 3. The van der Waals surface area contributed by atoms with E-state index in [1.54, 1.807) is 6.07 Å². The van der Waals surface area contributed by atoms with Gasteiger partial charge in [0.15, 0.2) is 0 Å². The molecule has 21 heavy (non-hydrogen) atoms. The van der Waals surface area contributed by atoms with Crippen molar-refractivity contribution in [3.05, 3.63) is 33.9 Å². The number of hydrogen-bond acceptors (Lipinski definition) is 6. The van der Waals surface area contributed by atoms with Crippen molar-refractivity contribution >= 4 is 11.4 Å². The Bertz CT molecular complexity index is 464. The highest BCUT2D eigenvalue weighted by molar-refractivity contribution is 5.65. The number of aliphatic hydroxyl groups excluding tert-OH is 1. The Kier molecular flexibility index (Phi) is 7.07. The Morgan fingerprint density at radius 2 is 2.10 bits per heavy atom. The zero-order valence-corrected chi connectivity index (χ0v) is 12.6. The Balaban J connectivity index is 3.08. The second kappa shape index (κ2) is 8.56. The first-order chi connectivity index (χ1) is 10.1. The standard InChI is InChI=1S/C14H24N4O3/c1-3-12(4-2)17(8-9-19)10-11-6-5-7-13(18(20)21)14(11)16-15/h5-7,12,16,19H,3-4,8-10,15H2,1-2H3. The van der Waals surface area contributed by atoms with Gasteiger partial charge in [-0.25, -0.2) is 0 Å². The Hall–Kier alpha value is -1.70. The van der Waals surface area contributed by atoms with Crippen LogP contribution in [0.3, 0.4) is 0 Å². The number of rotatable bonds is 9. The maximum absolute atomic E-state index is 11.0. The molecule has 1 aromatic rings. The van der Waals surface area contributed by atoms with Crippen molar-refractivity contribution in [3.8, 4) is 0 Å². The number of para-hydroxylation sites is 1. The quantitative estimate of drug-likeness (QED) is 0.365. The van der Waals surface area contributed by atoms with Gasteiger partial charge in [0.2, 0.25) is 0 Å². The first-order valence-corrected chi connectivity index (χ1v) is 7.16. The SMILES string of the molecule is CCC(CC)N(CCO)Cc1cccc([N+](=O)[O-])c1NN. The maximum Gasteiger partial charge on any atom is 0.293 e. The summed E-state index contributed by atoms with van der Waals surface area (Å²) in [4.78, 5) is 12.7. The molecule has 1 rings (SSSR count). The number of nitrogen functional groups attached to an aromatic ring is 1. The molecule has 0 saturated carbocycles. The smallest absolute Gasteiger partial charge is 0.293 e. The first kappa shape index (κ1) is 17.4. The molecule has 7 nitrogen and oxygen atoms in total. The van der Waals surface area contributed by atoms with Gasteiger partial charge < -0.3 is 10.5 Å². The van der Waals surface area contributed by atoms with Gasteiger partial charge in [0, 0.05) is 25.2 Å². The number of nitrogens with two attached hydrogens (primary N) is 1. The van der Waals surface area contributed by atoms with Gasteiger partial charge in [0.25, 0.3) is 5.69 Å². The number of nitrogens with zero attached hydrogens (tertiary/aromatic N) is 2. The molecule has 0 aliphatic carbocycles. The predicted molar refractivity (Wildman–Crippen MR) is 82.8 cm³/mol. The van der Waals surface area contributed by atoms with Crippen molar-refractivity contribution in [2.45, 2.75) is 39.3 Å². The van der Waals surface area contributed by atoms with E-state index in [4.69, 9.17) is 5.84 Å². The van der Waals surface area contributed by atoms with E-state index in [9.17, 15) is 15.2 Å². The number of nitrogens with one attached hydrogen (secondary N) is 1. The van der Waals surface area contributed by atoms with Crippen molar-refractivity contribution in [3.63, 3.8) is 0 Å². The normalized spacial score (nSPS) is 11.1. The third-order valence-corrected chi connectivity index (χ3v) is 3.69. The lowest BCUT2D eigenvalue weighted by Crippen LogP contribution is -2.36. The fourth-order valence-electron chi connectivity index (χ4n) is 2.58. The van der Waals surface area contributed by atoms with E-state index in [1.807, 2.05) is 6.07 Å². The van der Waals surface area contributed by atoms with Crippen LogP contribution in [0.2, 0.25) is 0 Å². The molecule has 0 aliphatic rings. The predicted octanol–water partition coefficient (Wildman–Crippen LogP) is 1.86. The minimum Gasteiger partial charge on any atom is -0.395 e. The maximum atomic E-state index is 11.0. The van der Waals surface area contributed by atoms with Gasteiger partial charge in [0.1, 0.15) is 5.69 Å². The highest BCUT2D eigenvalue weighted by Crippen LogP contribution is 2.29. The second-order valence-electron chi connectivity index (χ2n) is 4.88. The highest BCUT2D eigenvalue weighted by Gasteiger charge is 2.21. The fraction of sp³-hybridized carbons (Fsp3) is 0.571. The van der Waals surface area contributed by atoms with E-state index in [1.165, 1.54) is 6.07 Å². The van der Waals surface area contributed by atoms with Crippen LogP contribution < -0.4 is 11.3 Å². The van der Waals surface area contributed by atoms with Crippen LogP contribution in [-0.2, 0) is 6.54 Å². The molecule has 0 aliphatic heterocycles. The molecule has 0 amide bonds. The van der Waals surface area contributed by atoms with Gasteiger partial charge in [-0.3, -0.25) is 20.9 Å². The van der Waals surface area contributed by atoms with Crippen LogP contribution in [-0.4, -0.2) is 34.1 Å². The molecule has 0 spiro atoms. The average molecular weight is 296 g/mol. The molecular weight excluding hydrogens is 272 g/mol. The molecule has 0 bridgehead atoms. The monoisotopic (exact) mass is 296 g/mol. The molecule has 118 valence electrons. The molecule has 7 heteroatoms. The summed E-state index contributed by atoms with van der Waals surface area (Å²) in [6.07, 6.45) is 1.91. The molecule has 0 saturated heterocycles. The van der Waals surface area contributed by atoms with Gasteiger partial charge in [-0.05, 0) is 18.4 Å². The fourth-order valence-corrected chi connectivity index (χ4v) is 2.58. The zero-order valence-electron chi connectivity index (χ0n) is 12.6. The van der Waals surface area contributed by atoms with E-state index >= 15 is 0 Å². The van der Waals surface area contributed by atoms with Crippen LogP contribution in [0.5, 0.6) is 0 Å². The lowest BCUT2D eigenvalue weighted by atomic mass is 10.1. The topological polar surface area (TPSA) is 105 Å². The van der Waals surface area contributed by atoms with Crippen LogP contribution in [0.4, 0.5) is 11.4 Å². The highest BCUT2D eigenvalue weighted by atomic mass is 16.6. The Morgan fingerprint density at radius 3 is 2.57 bits per heavy atom. The summed E-state index contributed by atoms with van der Waals surface area (Å²) in [6, 6.07) is 5.21. The van der Waals surface area contributed by atoms with Crippen molar-refractivity contribution in [2.75, 3.05) is 18.6 Å². The summed E-state index contributed by atoms with van der Waals surface area (Å²) in [7, 11) is 0. The van der Waals surface area contributed by atoms with Crippen LogP contribution in [0, 0.1) is 10.1 Å². The molecule has 4 N–H and O–H groups in total. The number of nitro benzene ring substituents is 1. The largest absolute Gasteiger partial charge is 0.395 e. The molecule has 0 unspecified atom stereocenters. The number of aliphatic hydroxyl groups is 1. The summed E-state index contributed by atoms with van der Waals surface area (Å²) in [5.74, 6) is 5.46. The van der Waals surface area contributed by atoms with Crippen LogP contribution in [0.15, 0.2) is 18.2 Å². The van der Waals surface area contributed by atoms with Crippen molar-refractivity contribution in [1.29, 1.82) is 0 Å². The number of nitro groups is 1. The first-order valence-electron chi connectivity index (χ1n) is 7.16. The average Bonchev–Trinajstić information content (AvgIpc) is 2.48. The van der Waals surface area contributed by atoms with Gasteiger partial charge >= 0.3 is 0 Å². The van der Waals surface area contributed by atoms with E-state index in [0.717, 1.165) is 18.4 Å². The molecule has 0 atom stereocenters. The second-order valence-corrected chi connectivity index (χ2v) is 4.88. The molecule has 0 heterocycles. The third kappa shape index (κ3) is 4.38. The summed E-state index contributed by atoms with van der Waals surface area (Å²) < 4.78 is 0. The Labute approximate surface area is 124 Å². The summed E-state index contributed by atoms with van der Waals surface area (Å²) in [5.41, 5.74) is 3.49. The minimum absolute atomic E-state index is 0.0384. The molecule has 1 aromatic carbocycles. The summed E-state index contributed by atoms with van der Waals surface area (Å²) >= 11 is 0. The lowest BCUT2D eigenvalue weighted by Gasteiger charge is -2.30. The van der Waals surface area contributed by atoms with E-state index < -0.39 is 4.92 Å². The molecular formula is C14H24N4O3. The third-order valence-electron chi connectivity index (χ3n) is 3.69. The van der Waals surface area contributed by atoms with E-state index in [-0.39, 0.29) is 12.3 Å². The number of anilines is 1. The molecule has 0 radical (unpaired) electrons. The Morgan fingerprint density at radius 1 is 1.43 bits per heavy atom. The zero-order chi connectivity index (χ0) is 15.8. The van der Waals surface area contributed by atoms with Crippen LogP contribution >= 0.6 is 0 Å². The number of benzene rings is 1. The van der Waals surface area contributed by atoms with Crippen molar-refractivity contribution in [2.24, 2.45) is 5.84 Å². The summed E-state index contributed by atoms with van der Waals surface area (Å²) in [5, 5.41) is 20.3. The molecule has 0 fully saturated rings. The van der Waals surface area contributed by atoms with E-state index in [0.29, 0.717) is 24.8 Å². The number of hydrazine groups is 1. The van der Waals surface area contributed by atoms with Crippen LogP contribution in [0.25, 0.3) is 0 Å². The van der Waals surface area contributed by atoms with E-state index in [2.05, 4.69) is 24.2 Å². The van der Waals surface area contributed by atoms with Crippen molar-refractivity contribution in [1.82, 2.24) is 4.90 Å². The molecule has 0 aromatic heterocycles. The van der Waals surface area contributed by atoms with Gasteiger partial charge in [-0.2, -0.15) is 0 Å².